The maximum absolute atomic E-state index is 12.6. The van der Waals surface area contributed by atoms with E-state index in [1.54, 1.807) is 0 Å². The molecule has 0 saturated carbocycles. The predicted molar refractivity (Wildman–Crippen MR) is 98.0 cm³/mol. The van der Waals surface area contributed by atoms with E-state index in [0.29, 0.717) is 18.9 Å². The van der Waals surface area contributed by atoms with Crippen molar-refractivity contribution in [2.75, 3.05) is 0 Å². The number of hydrogen-bond donors (Lipinski definition) is 0. The van der Waals surface area contributed by atoms with Crippen molar-refractivity contribution in [3.05, 3.63) is 71.3 Å². The van der Waals surface area contributed by atoms with Crippen LogP contribution >= 0.6 is 11.8 Å². The second-order valence-corrected chi connectivity index (χ2v) is 7.54. The lowest BCUT2D eigenvalue weighted by atomic mass is 10.00. The molecule has 24 heavy (non-hydrogen) atoms. The lowest BCUT2D eigenvalue weighted by molar-refractivity contribution is -0.127. The van der Waals surface area contributed by atoms with Gasteiger partial charge in [0, 0.05) is 0 Å². The van der Waals surface area contributed by atoms with Gasteiger partial charge in [0.1, 0.15) is 0 Å². The summed E-state index contributed by atoms with van der Waals surface area (Å²) < 4.78 is 0. The Hall–Kier alpha value is -2.07. The Morgan fingerprint density at radius 3 is 2.25 bits per heavy atom. The fourth-order valence-corrected chi connectivity index (χ4v) is 3.82. The maximum atomic E-state index is 12.6. The fraction of sp³-hybridized carbons (Fsp3) is 0.300. The summed E-state index contributed by atoms with van der Waals surface area (Å²) in [5.74, 6) is 0.409. The first-order chi connectivity index (χ1) is 11.5. The van der Waals surface area contributed by atoms with Gasteiger partial charge in [-0.2, -0.15) is 0 Å². The normalized spacial score (nSPS) is 17.8. The highest BCUT2D eigenvalue weighted by Gasteiger charge is 2.39. The highest BCUT2D eigenvalue weighted by Crippen LogP contribution is 2.31. The van der Waals surface area contributed by atoms with Crippen LogP contribution in [-0.2, 0) is 17.8 Å². The van der Waals surface area contributed by atoms with Gasteiger partial charge in [0.2, 0.25) is 5.91 Å². The largest absolute Gasteiger partial charge is 0.289 e. The zero-order valence-electron chi connectivity index (χ0n) is 13.9. The number of carbonyl (C=O) groups is 2. The average molecular weight is 339 g/mol. The highest BCUT2D eigenvalue weighted by molar-refractivity contribution is 8.15. The molecule has 2 aromatic rings. The number of amides is 2. The minimum absolute atomic E-state index is 0.0817. The molecule has 0 aromatic heterocycles. The molecule has 0 radical (unpaired) electrons. The molecule has 2 aromatic carbocycles. The third kappa shape index (κ3) is 3.70. The van der Waals surface area contributed by atoms with E-state index >= 15 is 0 Å². The summed E-state index contributed by atoms with van der Waals surface area (Å²) in [6.07, 6.45) is 0.596. The van der Waals surface area contributed by atoms with Crippen LogP contribution in [0.2, 0.25) is 0 Å². The summed E-state index contributed by atoms with van der Waals surface area (Å²) in [5.41, 5.74) is 3.35. The molecule has 1 saturated heterocycles. The molecular weight excluding hydrogens is 318 g/mol. The van der Waals surface area contributed by atoms with Gasteiger partial charge >= 0.3 is 0 Å². The van der Waals surface area contributed by atoms with Gasteiger partial charge < -0.3 is 0 Å². The van der Waals surface area contributed by atoms with Crippen LogP contribution in [0.5, 0.6) is 0 Å². The van der Waals surface area contributed by atoms with Crippen LogP contribution in [0.4, 0.5) is 4.79 Å². The van der Waals surface area contributed by atoms with Crippen LogP contribution in [-0.4, -0.2) is 21.3 Å². The van der Waals surface area contributed by atoms with Crippen LogP contribution in [0.3, 0.4) is 0 Å². The molecule has 0 unspecified atom stereocenters. The molecule has 4 heteroatoms. The van der Waals surface area contributed by atoms with E-state index < -0.39 is 0 Å². The molecular formula is C20H21NO2S. The highest BCUT2D eigenvalue weighted by atomic mass is 32.2. The molecule has 124 valence electrons. The summed E-state index contributed by atoms with van der Waals surface area (Å²) in [7, 11) is 0. The summed E-state index contributed by atoms with van der Waals surface area (Å²) >= 11 is 1.14. The molecule has 3 rings (SSSR count). The van der Waals surface area contributed by atoms with Crippen molar-refractivity contribution in [3.63, 3.8) is 0 Å². The smallest absolute Gasteiger partial charge is 0.273 e. The molecule has 0 aliphatic carbocycles. The van der Waals surface area contributed by atoms with Crippen molar-refractivity contribution in [1.29, 1.82) is 0 Å². The minimum Gasteiger partial charge on any atom is -0.273 e. The number of carbonyl (C=O) groups excluding carboxylic acids is 2. The molecule has 0 spiro atoms. The number of hydrogen-bond acceptors (Lipinski definition) is 3. The van der Waals surface area contributed by atoms with E-state index in [1.165, 1.54) is 10.5 Å². The number of benzene rings is 2. The quantitative estimate of drug-likeness (QED) is 0.798. The lowest BCUT2D eigenvalue weighted by Crippen LogP contribution is -2.31. The van der Waals surface area contributed by atoms with Crippen LogP contribution < -0.4 is 0 Å². The SMILES string of the molecule is CC(C)c1ccc(C[C@@H]2SC(=O)N(Cc3ccccc3)C2=O)cc1. The molecule has 1 aliphatic heterocycles. The first-order valence-electron chi connectivity index (χ1n) is 8.19. The van der Waals surface area contributed by atoms with Crippen LogP contribution in [0, 0.1) is 0 Å². The number of imide groups is 1. The Morgan fingerprint density at radius 1 is 0.958 bits per heavy atom. The monoisotopic (exact) mass is 339 g/mol. The zero-order chi connectivity index (χ0) is 17.1. The van der Waals surface area contributed by atoms with Crippen molar-refractivity contribution in [2.45, 2.75) is 38.0 Å². The Labute approximate surface area is 147 Å². The molecule has 1 aliphatic rings. The molecule has 0 bridgehead atoms. The van der Waals surface area contributed by atoms with Crippen LogP contribution in [0.15, 0.2) is 54.6 Å². The Bertz CT molecular complexity index is 725. The van der Waals surface area contributed by atoms with Gasteiger partial charge in [-0.1, -0.05) is 80.2 Å². The zero-order valence-corrected chi connectivity index (χ0v) is 14.8. The number of thioether (sulfide) groups is 1. The van der Waals surface area contributed by atoms with Crippen molar-refractivity contribution >= 4 is 22.9 Å². The molecule has 0 N–H and O–H groups in total. The van der Waals surface area contributed by atoms with Crippen molar-refractivity contribution < 1.29 is 9.59 Å². The van der Waals surface area contributed by atoms with Gasteiger partial charge in [-0.15, -0.1) is 0 Å². The van der Waals surface area contributed by atoms with E-state index in [0.717, 1.165) is 22.9 Å². The maximum Gasteiger partial charge on any atom is 0.289 e. The minimum atomic E-state index is -0.314. The lowest BCUT2D eigenvalue weighted by Gasteiger charge is -2.14. The van der Waals surface area contributed by atoms with Crippen LogP contribution in [0.1, 0.15) is 36.5 Å². The molecule has 1 heterocycles. The predicted octanol–water partition coefficient (Wildman–Crippen LogP) is 4.62. The van der Waals surface area contributed by atoms with E-state index in [-0.39, 0.29) is 16.4 Å². The third-order valence-electron chi connectivity index (χ3n) is 4.26. The van der Waals surface area contributed by atoms with E-state index in [2.05, 4.69) is 38.1 Å². The standard InChI is InChI=1S/C20H21NO2S/c1-14(2)17-10-8-15(9-11-17)12-18-19(22)21(20(23)24-18)13-16-6-4-3-5-7-16/h3-11,14,18H,12-13H2,1-2H3/t18-/m0/s1. The second kappa shape index (κ2) is 7.22. The van der Waals surface area contributed by atoms with E-state index in [4.69, 9.17) is 0 Å². The summed E-state index contributed by atoms with van der Waals surface area (Å²) in [5, 5.41) is -0.459. The summed E-state index contributed by atoms with van der Waals surface area (Å²) in [6.45, 7) is 4.67. The van der Waals surface area contributed by atoms with Gasteiger partial charge in [-0.05, 0) is 29.0 Å². The van der Waals surface area contributed by atoms with Gasteiger partial charge in [-0.25, -0.2) is 0 Å². The van der Waals surface area contributed by atoms with Crippen LogP contribution in [0.25, 0.3) is 0 Å². The first kappa shape index (κ1) is 16.8. The van der Waals surface area contributed by atoms with Crippen molar-refractivity contribution in [1.82, 2.24) is 4.90 Å². The van der Waals surface area contributed by atoms with Gasteiger partial charge in [0.05, 0.1) is 11.8 Å². The van der Waals surface area contributed by atoms with Gasteiger partial charge in [0.15, 0.2) is 0 Å². The van der Waals surface area contributed by atoms with Gasteiger partial charge in [0.25, 0.3) is 5.24 Å². The van der Waals surface area contributed by atoms with Gasteiger partial charge in [-0.3, -0.25) is 14.5 Å². The first-order valence-corrected chi connectivity index (χ1v) is 9.07. The molecule has 1 atom stereocenters. The second-order valence-electron chi connectivity index (χ2n) is 6.38. The average Bonchev–Trinajstić information content (AvgIpc) is 2.84. The van der Waals surface area contributed by atoms with Crippen molar-refractivity contribution in [2.24, 2.45) is 0 Å². The molecule has 1 fully saturated rings. The van der Waals surface area contributed by atoms with E-state index in [1.807, 2.05) is 30.3 Å². The molecule has 3 nitrogen and oxygen atoms in total. The summed E-state index contributed by atoms with van der Waals surface area (Å²) in [4.78, 5) is 26.2. The third-order valence-corrected chi connectivity index (χ3v) is 5.33. The molecule has 2 amide bonds. The number of nitrogens with zero attached hydrogens (tertiary/aromatic N) is 1. The van der Waals surface area contributed by atoms with E-state index in [9.17, 15) is 9.59 Å². The Balaban J connectivity index is 1.67. The Kier molecular flexibility index (Phi) is 5.05. The summed E-state index contributed by atoms with van der Waals surface area (Å²) in [6, 6.07) is 18.0. The van der Waals surface area contributed by atoms with Crippen molar-refractivity contribution in [3.8, 4) is 0 Å². The number of rotatable bonds is 5. The fourth-order valence-electron chi connectivity index (χ4n) is 2.79. The topological polar surface area (TPSA) is 37.4 Å². The Morgan fingerprint density at radius 2 is 1.62 bits per heavy atom.